The summed E-state index contributed by atoms with van der Waals surface area (Å²) in [5, 5.41) is 0. The molecule has 1 aliphatic heterocycles. The Morgan fingerprint density at radius 1 is 1.00 bits per heavy atom. The Labute approximate surface area is 133 Å². The van der Waals surface area contributed by atoms with E-state index in [1.165, 1.54) is 24.3 Å². The van der Waals surface area contributed by atoms with Crippen molar-refractivity contribution in [3.63, 3.8) is 0 Å². The van der Waals surface area contributed by atoms with Crippen molar-refractivity contribution < 1.29 is 16.8 Å². The maximum Gasteiger partial charge on any atom is 0.243 e. The average Bonchev–Trinajstić information content (AvgIpc) is 2.87. The van der Waals surface area contributed by atoms with Gasteiger partial charge in [-0.3, -0.25) is 0 Å². The minimum absolute atomic E-state index is 0.0351. The lowest BCUT2D eigenvalue weighted by molar-refractivity contribution is 0.216. The largest absolute Gasteiger partial charge is 0.243 e. The molecule has 1 saturated heterocycles. The Bertz CT molecular complexity index is 744. The molecule has 124 valence electrons. The van der Waals surface area contributed by atoms with Crippen molar-refractivity contribution in [1.82, 2.24) is 4.31 Å². The number of sulfonamides is 1. The lowest BCUT2D eigenvalue weighted by atomic mass is 9.86. The van der Waals surface area contributed by atoms with Gasteiger partial charge in [-0.05, 0) is 42.5 Å². The van der Waals surface area contributed by atoms with Crippen LogP contribution in [0.1, 0.15) is 33.6 Å². The molecule has 1 heterocycles. The Hall–Kier alpha value is -0.920. The van der Waals surface area contributed by atoms with E-state index in [4.69, 9.17) is 0 Å². The number of rotatable bonds is 3. The Balaban J connectivity index is 2.39. The van der Waals surface area contributed by atoms with Crippen LogP contribution in [0, 0.1) is 5.41 Å². The molecule has 0 bridgehead atoms. The zero-order valence-corrected chi connectivity index (χ0v) is 15.0. The van der Waals surface area contributed by atoms with Crippen molar-refractivity contribution in [2.24, 2.45) is 5.41 Å². The van der Waals surface area contributed by atoms with Crippen molar-refractivity contribution in [1.29, 1.82) is 0 Å². The normalized spacial score (nSPS) is 21.2. The molecule has 0 aromatic heterocycles. The first-order chi connectivity index (χ1) is 9.94. The molecule has 1 unspecified atom stereocenters. The van der Waals surface area contributed by atoms with Gasteiger partial charge in [0.05, 0.1) is 9.79 Å². The third-order valence-electron chi connectivity index (χ3n) is 4.06. The van der Waals surface area contributed by atoms with Gasteiger partial charge in [0, 0.05) is 18.8 Å². The fraction of sp³-hybridized carbons (Fsp3) is 0.600. The molecule has 0 amide bonds. The van der Waals surface area contributed by atoms with Gasteiger partial charge >= 0.3 is 0 Å². The minimum atomic E-state index is -3.59. The maximum absolute atomic E-state index is 12.8. The van der Waals surface area contributed by atoms with Gasteiger partial charge in [-0.2, -0.15) is 4.31 Å². The van der Waals surface area contributed by atoms with Gasteiger partial charge in [0.15, 0.2) is 9.84 Å². The number of hydrogen-bond donors (Lipinski definition) is 0. The Kier molecular flexibility index (Phi) is 4.45. The van der Waals surface area contributed by atoms with E-state index < -0.39 is 19.9 Å². The molecular weight excluding hydrogens is 322 g/mol. The lowest BCUT2D eigenvalue weighted by Crippen LogP contribution is -2.42. The molecule has 2 rings (SSSR count). The van der Waals surface area contributed by atoms with Crippen LogP contribution < -0.4 is 0 Å². The standard InChI is InChI=1S/C15H23NO4S2/c1-15(2,3)14-6-5-11-16(14)22(19,20)13-9-7-12(8-10-13)21(4,17)18/h7-10,14H,5-6,11H2,1-4H3. The fourth-order valence-corrected chi connectivity index (χ4v) is 5.39. The zero-order valence-electron chi connectivity index (χ0n) is 13.4. The third-order valence-corrected chi connectivity index (χ3v) is 7.11. The van der Waals surface area contributed by atoms with Gasteiger partial charge < -0.3 is 0 Å². The summed E-state index contributed by atoms with van der Waals surface area (Å²) in [4.78, 5) is 0.274. The molecule has 0 radical (unpaired) electrons. The van der Waals surface area contributed by atoms with Crippen molar-refractivity contribution in [3.05, 3.63) is 24.3 Å². The minimum Gasteiger partial charge on any atom is -0.224 e. The van der Waals surface area contributed by atoms with Crippen LogP contribution in [0.4, 0.5) is 0 Å². The molecule has 5 nitrogen and oxygen atoms in total. The second-order valence-corrected chi connectivity index (χ2v) is 10.8. The molecule has 1 fully saturated rings. The van der Waals surface area contributed by atoms with E-state index in [2.05, 4.69) is 0 Å². The molecule has 0 saturated carbocycles. The monoisotopic (exact) mass is 345 g/mol. The molecule has 1 atom stereocenters. The molecule has 1 aromatic rings. The van der Waals surface area contributed by atoms with Crippen LogP contribution in [0.3, 0.4) is 0 Å². The van der Waals surface area contributed by atoms with Crippen molar-refractivity contribution in [2.75, 3.05) is 12.8 Å². The highest BCUT2D eigenvalue weighted by molar-refractivity contribution is 7.90. The van der Waals surface area contributed by atoms with Crippen LogP contribution in [0.5, 0.6) is 0 Å². The van der Waals surface area contributed by atoms with Crippen molar-refractivity contribution in [3.8, 4) is 0 Å². The second kappa shape index (κ2) is 5.62. The summed E-state index contributed by atoms with van der Waals surface area (Å²) in [6, 6.07) is 5.43. The van der Waals surface area contributed by atoms with Gasteiger partial charge in [0.1, 0.15) is 0 Å². The smallest absolute Gasteiger partial charge is 0.224 e. The summed E-state index contributed by atoms with van der Waals surface area (Å²) in [5.74, 6) is 0. The summed E-state index contributed by atoms with van der Waals surface area (Å²) in [6.45, 7) is 6.63. The SMILES string of the molecule is CC(C)(C)C1CCCN1S(=O)(=O)c1ccc(S(C)(=O)=O)cc1. The molecular formula is C15H23NO4S2. The van der Waals surface area contributed by atoms with E-state index in [9.17, 15) is 16.8 Å². The van der Waals surface area contributed by atoms with Crippen molar-refractivity contribution in [2.45, 2.75) is 49.4 Å². The van der Waals surface area contributed by atoms with Crippen molar-refractivity contribution >= 4 is 19.9 Å². The lowest BCUT2D eigenvalue weighted by Gasteiger charge is -2.34. The topological polar surface area (TPSA) is 71.5 Å². The Morgan fingerprint density at radius 3 is 1.95 bits per heavy atom. The summed E-state index contributed by atoms with van der Waals surface area (Å²) < 4.78 is 50.2. The van der Waals surface area contributed by atoms with Crippen LogP contribution in [-0.4, -0.2) is 40.0 Å². The van der Waals surface area contributed by atoms with E-state index in [-0.39, 0.29) is 21.2 Å². The predicted molar refractivity (Wildman–Crippen MR) is 85.9 cm³/mol. The molecule has 7 heteroatoms. The number of nitrogens with zero attached hydrogens (tertiary/aromatic N) is 1. The van der Waals surface area contributed by atoms with Crippen LogP contribution in [0.15, 0.2) is 34.1 Å². The first kappa shape index (κ1) is 17.4. The average molecular weight is 345 g/mol. The van der Waals surface area contributed by atoms with Gasteiger partial charge in [-0.25, -0.2) is 16.8 Å². The van der Waals surface area contributed by atoms with Gasteiger partial charge in [0.2, 0.25) is 10.0 Å². The number of benzene rings is 1. The van der Waals surface area contributed by atoms with Crippen LogP contribution in [0.2, 0.25) is 0 Å². The van der Waals surface area contributed by atoms with E-state index in [0.717, 1.165) is 19.1 Å². The summed E-state index contributed by atoms with van der Waals surface area (Å²) in [5.41, 5.74) is -0.129. The number of sulfone groups is 1. The van der Waals surface area contributed by atoms with Gasteiger partial charge in [0.25, 0.3) is 0 Å². The highest BCUT2D eigenvalue weighted by atomic mass is 32.2. The molecule has 22 heavy (non-hydrogen) atoms. The van der Waals surface area contributed by atoms with Gasteiger partial charge in [-0.15, -0.1) is 0 Å². The number of hydrogen-bond acceptors (Lipinski definition) is 4. The maximum atomic E-state index is 12.8. The highest BCUT2D eigenvalue weighted by Crippen LogP contribution is 2.36. The van der Waals surface area contributed by atoms with E-state index >= 15 is 0 Å². The van der Waals surface area contributed by atoms with E-state index in [1.807, 2.05) is 20.8 Å². The first-order valence-corrected chi connectivity index (χ1v) is 10.6. The second-order valence-electron chi connectivity index (χ2n) is 6.88. The zero-order chi connectivity index (χ0) is 16.8. The Morgan fingerprint density at radius 2 is 1.50 bits per heavy atom. The summed E-state index contributed by atoms with van der Waals surface area (Å²) in [6.07, 6.45) is 2.80. The fourth-order valence-electron chi connectivity index (χ4n) is 2.89. The van der Waals surface area contributed by atoms with Crippen LogP contribution in [-0.2, 0) is 19.9 Å². The quantitative estimate of drug-likeness (QED) is 0.842. The highest BCUT2D eigenvalue weighted by Gasteiger charge is 2.41. The molecule has 0 spiro atoms. The molecule has 0 N–H and O–H groups in total. The van der Waals surface area contributed by atoms with Crippen LogP contribution >= 0.6 is 0 Å². The predicted octanol–water partition coefficient (Wildman–Crippen LogP) is 2.29. The third kappa shape index (κ3) is 3.36. The first-order valence-electron chi connectivity index (χ1n) is 7.26. The van der Waals surface area contributed by atoms with E-state index in [1.54, 1.807) is 4.31 Å². The molecule has 0 aliphatic carbocycles. The van der Waals surface area contributed by atoms with Gasteiger partial charge in [-0.1, -0.05) is 20.8 Å². The molecule has 1 aliphatic rings. The summed E-state index contributed by atoms with van der Waals surface area (Å²) >= 11 is 0. The molecule has 1 aromatic carbocycles. The summed E-state index contributed by atoms with van der Waals surface area (Å²) in [7, 11) is -6.92. The van der Waals surface area contributed by atoms with Crippen LogP contribution in [0.25, 0.3) is 0 Å². The van der Waals surface area contributed by atoms with E-state index in [0.29, 0.717) is 6.54 Å².